The number of aromatic nitrogens is 1. The van der Waals surface area contributed by atoms with Crippen LogP contribution in [0, 0.1) is 5.92 Å². The summed E-state index contributed by atoms with van der Waals surface area (Å²) in [6.07, 6.45) is 3.62. The number of esters is 1. The second-order valence-corrected chi connectivity index (χ2v) is 8.18. The van der Waals surface area contributed by atoms with E-state index in [4.69, 9.17) is 4.74 Å². The van der Waals surface area contributed by atoms with Crippen molar-refractivity contribution >= 4 is 32.8 Å². The number of fused-ring (bicyclic) bond motifs is 1. The first-order valence-corrected chi connectivity index (χ1v) is 9.85. The van der Waals surface area contributed by atoms with Crippen LogP contribution in [0.1, 0.15) is 28.0 Å². The van der Waals surface area contributed by atoms with Crippen molar-refractivity contribution < 1.29 is 22.7 Å². The van der Waals surface area contributed by atoms with Gasteiger partial charge in [0, 0.05) is 30.6 Å². The van der Waals surface area contributed by atoms with E-state index in [1.54, 1.807) is 24.3 Å². The van der Waals surface area contributed by atoms with E-state index >= 15 is 0 Å². The molecule has 0 radical (unpaired) electrons. The standard InChI is InChI=1S/C17H20N2O5S/c1-24-17(21)14-11-19(15-6-4-3-5-13(14)15)16(20)12-7-9-18(10-8-12)25(2,22)23/h3-6,11-12H,7-10H2,1-2H3. The zero-order chi connectivity index (χ0) is 18.2. The normalized spacial score (nSPS) is 16.9. The van der Waals surface area contributed by atoms with E-state index in [1.165, 1.54) is 28.4 Å². The highest BCUT2D eigenvalue weighted by Gasteiger charge is 2.31. The second kappa shape index (κ2) is 6.61. The van der Waals surface area contributed by atoms with Gasteiger partial charge in [-0.05, 0) is 18.9 Å². The van der Waals surface area contributed by atoms with Gasteiger partial charge in [0.05, 0.1) is 24.4 Å². The topological polar surface area (TPSA) is 85.7 Å². The number of methoxy groups -OCH3 is 1. The van der Waals surface area contributed by atoms with Crippen molar-refractivity contribution in [3.8, 4) is 0 Å². The molecular weight excluding hydrogens is 344 g/mol. The van der Waals surface area contributed by atoms with Gasteiger partial charge >= 0.3 is 5.97 Å². The molecule has 1 fully saturated rings. The number of piperidine rings is 1. The van der Waals surface area contributed by atoms with Crippen molar-refractivity contribution in [2.75, 3.05) is 26.5 Å². The number of para-hydroxylation sites is 1. The average Bonchev–Trinajstić information content (AvgIpc) is 2.99. The lowest BCUT2D eigenvalue weighted by atomic mass is 9.97. The highest BCUT2D eigenvalue weighted by Crippen LogP contribution is 2.26. The Bertz CT molecular complexity index is 924. The molecule has 0 spiro atoms. The molecule has 1 aliphatic rings. The molecule has 0 saturated carbocycles. The van der Waals surface area contributed by atoms with Crippen LogP contribution in [-0.4, -0.2) is 55.6 Å². The second-order valence-electron chi connectivity index (χ2n) is 6.20. The van der Waals surface area contributed by atoms with Crippen molar-refractivity contribution in [3.63, 3.8) is 0 Å². The molecule has 0 amide bonds. The van der Waals surface area contributed by atoms with E-state index in [0.29, 0.717) is 42.4 Å². The van der Waals surface area contributed by atoms with Gasteiger partial charge in [-0.3, -0.25) is 9.36 Å². The van der Waals surface area contributed by atoms with Crippen LogP contribution in [0.3, 0.4) is 0 Å². The zero-order valence-electron chi connectivity index (χ0n) is 14.1. The van der Waals surface area contributed by atoms with E-state index in [-0.39, 0.29) is 11.8 Å². The van der Waals surface area contributed by atoms with Crippen LogP contribution >= 0.6 is 0 Å². The Kier molecular flexibility index (Phi) is 4.66. The van der Waals surface area contributed by atoms with Crippen molar-refractivity contribution in [3.05, 3.63) is 36.0 Å². The van der Waals surface area contributed by atoms with Gasteiger partial charge in [0.15, 0.2) is 0 Å². The van der Waals surface area contributed by atoms with Gasteiger partial charge in [0.2, 0.25) is 15.9 Å². The van der Waals surface area contributed by atoms with Crippen molar-refractivity contribution in [1.82, 2.24) is 8.87 Å². The molecule has 0 N–H and O–H groups in total. The molecule has 134 valence electrons. The first-order chi connectivity index (χ1) is 11.8. The summed E-state index contributed by atoms with van der Waals surface area (Å²) < 4.78 is 30.9. The van der Waals surface area contributed by atoms with Gasteiger partial charge in [-0.1, -0.05) is 18.2 Å². The number of hydrogen-bond acceptors (Lipinski definition) is 5. The highest BCUT2D eigenvalue weighted by atomic mass is 32.2. The fourth-order valence-corrected chi connectivity index (χ4v) is 4.14. The van der Waals surface area contributed by atoms with Crippen LogP contribution in [0.5, 0.6) is 0 Å². The van der Waals surface area contributed by atoms with E-state index in [0.717, 1.165) is 0 Å². The minimum Gasteiger partial charge on any atom is -0.465 e. The minimum atomic E-state index is -3.23. The summed E-state index contributed by atoms with van der Waals surface area (Å²) in [5, 5.41) is 0.663. The van der Waals surface area contributed by atoms with Crippen LogP contribution in [-0.2, 0) is 14.8 Å². The lowest BCUT2D eigenvalue weighted by Crippen LogP contribution is -2.40. The number of sulfonamides is 1. The largest absolute Gasteiger partial charge is 0.465 e. The third-order valence-corrected chi connectivity index (χ3v) is 5.93. The molecule has 2 aromatic rings. The van der Waals surface area contributed by atoms with E-state index < -0.39 is 16.0 Å². The molecule has 3 rings (SSSR count). The van der Waals surface area contributed by atoms with Crippen LogP contribution in [0.2, 0.25) is 0 Å². The first kappa shape index (κ1) is 17.6. The quantitative estimate of drug-likeness (QED) is 0.775. The maximum absolute atomic E-state index is 12.9. The molecule has 8 heteroatoms. The van der Waals surface area contributed by atoms with Crippen molar-refractivity contribution in [1.29, 1.82) is 0 Å². The van der Waals surface area contributed by atoms with Crippen LogP contribution in [0.4, 0.5) is 0 Å². The van der Waals surface area contributed by atoms with Gasteiger partial charge < -0.3 is 4.74 Å². The fourth-order valence-electron chi connectivity index (χ4n) is 3.27. The van der Waals surface area contributed by atoms with E-state index in [1.807, 2.05) is 0 Å². The number of ether oxygens (including phenoxy) is 1. The van der Waals surface area contributed by atoms with Crippen LogP contribution < -0.4 is 0 Å². The molecule has 7 nitrogen and oxygen atoms in total. The molecule has 2 heterocycles. The smallest absolute Gasteiger partial charge is 0.340 e. The summed E-state index contributed by atoms with van der Waals surface area (Å²) in [7, 11) is -1.93. The predicted molar refractivity (Wildman–Crippen MR) is 93.0 cm³/mol. The number of carbonyl (C=O) groups excluding carboxylic acids is 2. The van der Waals surface area contributed by atoms with Crippen LogP contribution in [0.15, 0.2) is 30.5 Å². The number of nitrogens with zero attached hydrogens (tertiary/aromatic N) is 2. The summed E-state index contributed by atoms with van der Waals surface area (Å²) in [5.41, 5.74) is 0.999. The lowest BCUT2D eigenvalue weighted by Gasteiger charge is -2.29. The zero-order valence-corrected chi connectivity index (χ0v) is 15.0. The molecule has 1 aromatic heterocycles. The Morgan fingerprint density at radius 3 is 2.40 bits per heavy atom. The molecule has 0 aliphatic carbocycles. The monoisotopic (exact) mass is 364 g/mol. The fraction of sp³-hybridized carbons (Fsp3) is 0.412. The van der Waals surface area contributed by atoms with Gasteiger partial charge in [-0.2, -0.15) is 0 Å². The Morgan fingerprint density at radius 2 is 1.80 bits per heavy atom. The first-order valence-electron chi connectivity index (χ1n) is 8.00. The van der Waals surface area contributed by atoms with Crippen molar-refractivity contribution in [2.24, 2.45) is 5.92 Å². The molecule has 0 unspecified atom stereocenters. The maximum atomic E-state index is 12.9. The molecule has 1 aliphatic heterocycles. The number of rotatable bonds is 3. The highest BCUT2D eigenvalue weighted by molar-refractivity contribution is 7.88. The van der Waals surface area contributed by atoms with Gasteiger partial charge in [0.25, 0.3) is 0 Å². The third kappa shape index (κ3) is 3.32. The van der Waals surface area contributed by atoms with E-state index in [9.17, 15) is 18.0 Å². The average molecular weight is 364 g/mol. The predicted octanol–water partition coefficient (Wildman–Crippen LogP) is 1.74. The Hall–Kier alpha value is -2.19. The van der Waals surface area contributed by atoms with Gasteiger partial charge in [0.1, 0.15) is 0 Å². The Morgan fingerprint density at radius 1 is 1.16 bits per heavy atom. The van der Waals surface area contributed by atoms with Gasteiger partial charge in [-0.25, -0.2) is 17.5 Å². The molecular formula is C17H20N2O5S. The summed E-state index contributed by atoms with van der Waals surface area (Å²) >= 11 is 0. The van der Waals surface area contributed by atoms with Crippen molar-refractivity contribution in [2.45, 2.75) is 12.8 Å². The third-order valence-electron chi connectivity index (χ3n) is 4.63. The molecule has 1 aromatic carbocycles. The van der Waals surface area contributed by atoms with Gasteiger partial charge in [-0.15, -0.1) is 0 Å². The summed E-state index contributed by atoms with van der Waals surface area (Å²) in [5.74, 6) is -0.895. The summed E-state index contributed by atoms with van der Waals surface area (Å²) in [6, 6.07) is 7.16. The SMILES string of the molecule is COC(=O)c1cn(C(=O)C2CCN(S(C)(=O)=O)CC2)c2ccccc12. The van der Waals surface area contributed by atoms with Crippen LogP contribution in [0.25, 0.3) is 10.9 Å². The molecule has 0 bridgehead atoms. The summed E-state index contributed by atoms with van der Waals surface area (Å²) in [6.45, 7) is 0.663. The molecule has 1 saturated heterocycles. The summed E-state index contributed by atoms with van der Waals surface area (Å²) in [4.78, 5) is 24.9. The minimum absolute atomic E-state index is 0.125. The molecule has 25 heavy (non-hydrogen) atoms. The van der Waals surface area contributed by atoms with E-state index in [2.05, 4.69) is 0 Å². The maximum Gasteiger partial charge on any atom is 0.340 e. The number of carbonyl (C=O) groups is 2. The Labute approximate surface area is 146 Å². The Balaban J connectivity index is 1.90. The lowest BCUT2D eigenvalue weighted by molar-refractivity contribution is 0.0603. The number of benzene rings is 1. The molecule has 0 atom stereocenters. The number of hydrogen-bond donors (Lipinski definition) is 0.